The molecule has 1 amide bonds. The zero-order valence-electron chi connectivity index (χ0n) is 44.5. The summed E-state index contributed by atoms with van der Waals surface area (Å²) in [6, 6.07) is -0.673. The van der Waals surface area contributed by atoms with E-state index in [-0.39, 0.29) is 12.5 Å². The van der Waals surface area contributed by atoms with E-state index in [1.54, 1.807) is 6.08 Å². The molecule has 0 aromatic heterocycles. The third kappa shape index (κ3) is 54.8. The van der Waals surface area contributed by atoms with E-state index in [0.717, 1.165) is 122 Å². The summed E-state index contributed by atoms with van der Waals surface area (Å²) >= 11 is 0. The molecule has 0 spiro atoms. The molecule has 0 aromatic rings. The van der Waals surface area contributed by atoms with Gasteiger partial charge in [0, 0.05) is 6.42 Å². The zero-order chi connectivity index (χ0) is 49.9. The van der Waals surface area contributed by atoms with E-state index in [1.807, 2.05) is 6.08 Å². The highest BCUT2D eigenvalue weighted by molar-refractivity contribution is 5.76. The number of rotatable bonds is 49. The van der Waals surface area contributed by atoms with Crippen molar-refractivity contribution in [3.63, 3.8) is 0 Å². The minimum atomic E-state index is -0.894. The molecular weight excluding hydrogens is 843 g/mol. The van der Waals surface area contributed by atoms with Gasteiger partial charge in [-0.2, -0.15) is 0 Å². The van der Waals surface area contributed by atoms with Crippen molar-refractivity contribution in [3.05, 3.63) is 158 Å². The SMILES string of the molecule is CC/C=C\C/C=C\C/C=C\C/C=C\C/C=C\C/C=C\C/C=C\C/C=C\C/C=C\C/C=C\CCCCCCC(=O)NC(CO)C(O)/C=C/CC/C=C/CC/C=C/CCCCCCCCCCCCCC. The molecule has 0 aliphatic carbocycles. The lowest BCUT2D eigenvalue weighted by Gasteiger charge is -2.19. The highest BCUT2D eigenvalue weighted by atomic mass is 16.3. The Labute approximate surface area is 426 Å². The normalized spacial score (nSPS) is 14.1. The molecule has 0 bridgehead atoms. The van der Waals surface area contributed by atoms with Crippen LogP contribution in [0.4, 0.5) is 0 Å². The Bertz CT molecular complexity index is 1490. The van der Waals surface area contributed by atoms with E-state index >= 15 is 0 Å². The molecule has 0 radical (unpaired) electrons. The van der Waals surface area contributed by atoms with Crippen LogP contribution < -0.4 is 5.32 Å². The van der Waals surface area contributed by atoms with Crippen molar-refractivity contribution >= 4 is 5.91 Å². The van der Waals surface area contributed by atoms with Gasteiger partial charge in [-0.05, 0) is 122 Å². The second-order valence-corrected chi connectivity index (χ2v) is 18.2. The average molecular weight is 949 g/mol. The number of carbonyl (C=O) groups is 1. The fraction of sp³-hybridized carbons (Fsp3) is 0.585. The molecule has 0 aliphatic rings. The molecule has 0 aromatic carbocycles. The van der Waals surface area contributed by atoms with Crippen LogP contribution in [0.1, 0.15) is 226 Å². The summed E-state index contributed by atoms with van der Waals surface area (Å²) in [7, 11) is 0. The van der Waals surface area contributed by atoms with Crippen LogP contribution >= 0.6 is 0 Å². The van der Waals surface area contributed by atoms with E-state index in [4.69, 9.17) is 0 Å². The number of hydrogen-bond acceptors (Lipinski definition) is 3. The standard InChI is InChI=1S/C65H105NO3/c1-3-5-7-9-11-13-15-17-19-21-23-25-27-28-29-30-31-32-33-34-35-36-37-38-39-41-43-45-47-49-51-53-55-57-59-61-65(69)66-63(62-67)64(68)60-58-56-54-52-50-48-46-44-42-40-26-24-22-20-18-16-14-12-10-8-6-4-2/h5,7,11,13,17,19,23,25,28-29,31-32,34-35,37-38,41-44,47,49-50,52,58,60,63-64,67-68H,3-4,6,8-10,12,14-16,18,20-22,24,26-27,30,33,36,39-40,45-46,48,51,53-57,59,61-62H2,1-2H3,(H,66,69)/b7-5-,13-11-,19-17-,25-23-,29-28-,32-31-,35-34-,38-37-,43-41-,44-42+,49-47-,52-50+,60-58+. The molecule has 0 saturated heterocycles. The number of allylic oxidation sites excluding steroid dienone is 25. The first-order valence-corrected chi connectivity index (χ1v) is 28.2. The summed E-state index contributed by atoms with van der Waals surface area (Å²) < 4.78 is 0. The number of nitrogens with one attached hydrogen (secondary N) is 1. The summed E-state index contributed by atoms with van der Waals surface area (Å²) in [6.07, 6.45) is 93.9. The average Bonchev–Trinajstić information content (AvgIpc) is 3.35. The Balaban J connectivity index is 3.74. The number of unbranched alkanes of at least 4 members (excludes halogenated alkanes) is 18. The first-order chi connectivity index (χ1) is 34.2. The molecule has 0 heterocycles. The smallest absolute Gasteiger partial charge is 0.220 e. The predicted molar refractivity (Wildman–Crippen MR) is 308 cm³/mol. The summed E-state index contributed by atoms with van der Waals surface area (Å²) in [5.74, 6) is -0.109. The summed E-state index contributed by atoms with van der Waals surface area (Å²) in [5.41, 5.74) is 0. The van der Waals surface area contributed by atoms with Crippen LogP contribution in [0, 0.1) is 0 Å². The highest BCUT2D eigenvalue weighted by Gasteiger charge is 2.17. The molecule has 2 atom stereocenters. The van der Waals surface area contributed by atoms with E-state index in [9.17, 15) is 15.0 Å². The second-order valence-electron chi connectivity index (χ2n) is 18.2. The molecule has 0 rings (SSSR count). The Morgan fingerprint density at radius 2 is 0.652 bits per heavy atom. The fourth-order valence-corrected chi connectivity index (χ4v) is 7.47. The quantitative estimate of drug-likeness (QED) is 0.0420. The van der Waals surface area contributed by atoms with E-state index in [0.29, 0.717) is 6.42 Å². The Morgan fingerprint density at radius 1 is 0.362 bits per heavy atom. The molecule has 4 nitrogen and oxygen atoms in total. The van der Waals surface area contributed by atoms with Gasteiger partial charge in [-0.1, -0.05) is 255 Å². The second kappa shape index (κ2) is 58.3. The summed E-state index contributed by atoms with van der Waals surface area (Å²) in [4.78, 5) is 12.5. The topological polar surface area (TPSA) is 69.6 Å². The third-order valence-electron chi connectivity index (χ3n) is 11.7. The minimum Gasteiger partial charge on any atom is -0.394 e. The van der Waals surface area contributed by atoms with Crippen molar-refractivity contribution in [2.75, 3.05) is 6.61 Å². The Kier molecular flexibility index (Phi) is 55.0. The van der Waals surface area contributed by atoms with Crippen LogP contribution in [0.3, 0.4) is 0 Å². The van der Waals surface area contributed by atoms with Crippen LogP contribution in [0.2, 0.25) is 0 Å². The van der Waals surface area contributed by atoms with Gasteiger partial charge in [0.2, 0.25) is 5.91 Å². The first-order valence-electron chi connectivity index (χ1n) is 28.2. The van der Waals surface area contributed by atoms with Gasteiger partial charge >= 0.3 is 0 Å². The maximum absolute atomic E-state index is 12.5. The first kappa shape index (κ1) is 65.0. The molecule has 2 unspecified atom stereocenters. The van der Waals surface area contributed by atoms with Crippen molar-refractivity contribution < 1.29 is 15.0 Å². The third-order valence-corrected chi connectivity index (χ3v) is 11.7. The van der Waals surface area contributed by atoms with Crippen molar-refractivity contribution in [1.82, 2.24) is 5.32 Å². The monoisotopic (exact) mass is 948 g/mol. The van der Waals surface area contributed by atoms with Crippen LogP contribution in [0.25, 0.3) is 0 Å². The van der Waals surface area contributed by atoms with Crippen molar-refractivity contribution in [2.24, 2.45) is 0 Å². The lowest BCUT2D eigenvalue weighted by molar-refractivity contribution is -0.123. The number of carbonyl (C=O) groups excluding carboxylic acids is 1. The predicted octanol–water partition coefficient (Wildman–Crippen LogP) is 19.0. The van der Waals surface area contributed by atoms with Crippen LogP contribution in [0.15, 0.2) is 158 Å². The number of amides is 1. The van der Waals surface area contributed by atoms with Gasteiger partial charge in [0.05, 0.1) is 18.8 Å². The van der Waals surface area contributed by atoms with Gasteiger partial charge in [0.25, 0.3) is 0 Å². The molecule has 4 heteroatoms. The summed E-state index contributed by atoms with van der Waals surface area (Å²) in [5, 5.41) is 23.1. The van der Waals surface area contributed by atoms with E-state index < -0.39 is 12.1 Å². The zero-order valence-corrected chi connectivity index (χ0v) is 44.5. The van der Waals surface area contributed by atoms with Crippen LogP contribution in [-0.2, 0) is 4.79 Å². The molecule has 0 saturated carbocycles. The van der Waals surface area contributed by atoms with E-state index in [1.165, 1.54) is 83.5 Å². The van der Waals surface area contributed by atoms with Gasteiger partial charge in [-0.3, -0.25) is 4.79 Å². The number of hydrogen-bond donors (Lipinski definition) is 3. The van der Waals surface area contributed by atoms with Gasteiger partial charge in [-0.15, -0.1) is 0 Å². The van der Waals surface area contributed by atoms with Gasteiger partial charge in [0.15, 0.2) is 0 Å². The molecule has 69 heavy (non-hydrogen) atoms. The lowest BCUT2D eigenvalue weighted by atomic mass is 10.0. The molecule has 0 aliphatic heterocycles. The molecule has 388 valence electrons. The fourth-order valence-electron chi connectivity index (χ4n) is 7.47. The van der Waals surface area contributed by atoms with Gasteiger partial charge < -0.3 is 15.5 Å². The number of aliphatic hydroxyl groups excluding tert-OH is 2. The van der Waals surface area contributed by atoms with Gasteiger partial charge in [-0.25, -0.2) is 0 Å². The Hall–Kier alpha value is -3.99. The van der Waals surface area contributed by atoms with Crippen molar-refractivity contribution in [2.45, 2.75) is 238 Å². The highest BCUT2D eigenvalue weighted by Crippen LogP contribution is 2.13. The maximum atomic E-state index is 12.5. The minimum absolute atomic E-state index is 0.109. The lowest BCUT2D eigenvalue weighted by Crippen LogP contribution is -2.45. The summed E-state index contributed by atoms with van der Waals surface area (Å²) in [6.45, 7) is 4.16. The van der Waals surface area contributed by atoms with Crippen molar-refractivity contribution in [3.8, 4) is 0 Å². The van der Waals surface area contributed by atoms with Crippen LogP contribution in [0.5, 0.6) is 0 Å². The Morgan fingerprint density at radius 3 is 1.01 bits per heavy atom. The van der Waals surface area contributed by atoms with E-state index in [2.05, 4.69) is 165 Å². The molecular formula is C65H105NO3. The van der Waals surface area contributed by atoms with Gasteiger partial charge in [0.1, 0.15) is 0 Å². The van der Waals surface area contributed by atoms with Crippen LogP contribution in [-0.4, -0.2) is 34.9 Å². The maximum Gasteiger partial charge on any atom is 0.220 e. The largest absolute Gasteiger partial charge is 0.394 e. The molecule has 0 fully saturated rings. The number of aliphatic hydroxyl groups is 2. The van der Waals surface area contributed by atoms with Crippen molar-refractivity contribution in [1.29, 1.82) is 0 Å². The molecule has 3 N–H and O–H groups in total.